The van der Waals surface area contributed by atoms with Crippen LogP contribution >= 0.6 is 23.1 Å². The first-order chi connectivity index (χ1) is 10.8. The van der Waals surface area contributed by atoms with E-state index < -0.39 is 0 Å². The van der Waals surface area contributed by atoms with Crippen LogP contribution < -0.4 is 0 Å². The maximum atomic E-state index is 4.76. The molecule has 1 aliphatic heterocycles. The number of aromatic nitrogens is 4. The zero-order valence-electron chi connectivity index (χ0n) is 12.5. The van der Waals surface area contributed by atoms with E-state index in [0.717, 1.165) is 34.5 Å². The van der Waals surface area contributed by atoms with Crippen molar-refractivity contribution in [3.63, 3.8) is 0 Å². The summed E-state index contributed by atoms with van der Waals surface area (Å²) in [6.45, 7) is 3.26. The lowest BCUT2D eigenvalue weighted by Crippen LogP contribution is -2.03. The van der Waals surface area contributed by atoms with Gasteiger partial charge in [0.05, 0.1) is 15.5 Å². The smallest absolute Gasteiger partial charge is 0.191 e. The third kappa shape index (κ3) is 2.65. The van der Waals surface area contributed by atoms with Gasteiger partial charge >= 0.3 is 0 Å². The van der Waals surface area contributed by atoms with Gasteiger partial charge in [-0.1, -0.05) is 30.3 Å². The van der Waals surface area contributed by atoms with Gasteiger partial charge in [0, 0.05) is 13.0 Å². The van der Waals surface area contributed by atoms with Gasteiger partial charge in [0.15, 0.2) is 5.16 Å². The van der Waals surface area contributed by atoms with Crippen molar-refractivity contribution in [1.82, 2.24) is 19.7 Å². The van der Waals surface area contributed by atoms with Gasteiger partial charge in [-0.3, -0.25) is 0 Å². The number of benzene rings is 1. The normalized spacial score (nSPS) is 16.4. The summed E-state index contributed by atoms with van der Waals surface area (Å²) in [6.07, 6.45) is 4.81. The van der Waals surface area contributed by atoms with E-state index in [4.69, 9.17) is 4.98 Å². The number of fused-ring (bicyclic) bond motifs is 2. The van der Waals surface area contributed by atoms with E-state index in [-0.39, 0.29) is 0 Å². The Morgan fingerprint density at radius 2 is 2.09 bits per heavy atom. The molecule has 3 heterocycles. The Morgan fingerprint density at radius 3 is 3.00 bits per heavy atom. The molecule has 3 aromatic rings. The fourth-order valence-electron chi connectivity index (χ4n) is 2.82. The Labute approximate surface area is 138 Å². The molecular weight excluding hydrogens is 312 g/mol. The van der Waals surface area contributed by atoms with Crippen molar-refractivity contribution in [3.8, 4) is 0 Å². The number of thiazole rings is 1. The number of hydrogen-bond acceptors (Lipinski definition) is 5. The highest BCUT2D eigenvalue weighted by atomic mass is 32.2. The summed E-state index contributed by atoms with van der Waals surface area (Å²) < 4.78 is 3.56. The molecule has 1 aromatic carbocycles. The summed E-state index contributed by atoms with van der Waals surface area (Å²) >= 11 is 3.56. The first kappa shape index (κ1) is 14.2. The molecule has 1 aliphatic rings. The largest absolute Gasteiger partial charge is 0.306 e. The number of para-hydroxylation sites is 1. The van der Waals surface area contributed by atoms with Crippen molar-refractivity contribution in [1.29, 1.82) is 0 Å². The van der Waals surface area contributed by atoms with E-state index in [0.29, 0.717) is 5.25 Å². The summed E-state index contributed by atoms with van der Waals surface area (Å²) in [7, 11) is 0. The van der Waals surface area contributed by atoms with Crippen LogP contribution in [0.25, 0.3) is 10.2 Å². The van der Waals surface area contributed by atoms with Crippen molar-refractivity contribution in [2.75, 3.05) is 0 Å². The van der Waals surface area contributed by atoms with Gasteiger partial charge in [0.1, 0.15) is 10.8 Å². The third-order valence-electron chi connectivity index (χ3n) is 4.02. The van der Waals surface area contributed by atoms with E-state index in [2.05, 4.69) is 39.9 Å². The number of aryl methyl sites for hydroxylation is 1. The molecule has 2 aromatic heterocycles. The lowest BCUT2D eigenvalue weighted by Gasteiger charge is -2.09. The lowest BCUT2D eigenvalue weighted by molar-refractivity contribution is 0.590. The van der Waals surface area contributed by atoms with E-state index in [9.17, 15) is 0 Å². The standard InChI is InChI=1S/C16H18N4S2/c1-11(15-17-12-7-4-5-8-13(12)22-15)21-16-19-18-14-9-3-2-6-10-20(14)16/h4-5,7-8,11H,2-3,6,9-10H2,1H3/t11-/m0/s1. The van der Waals surface area contributed by atoms with Crippen molar-refractivity contribution in [2.24, 2.45) is 0 Å². The molecular formula is C16H18N4S2. The second-order valence-electron chi connectivity index (χ2n) is 5.64. The summed E-state index contributed by atoms with van der Waals surface area (Å²) in [5, 5.41) is 11.3. The zero-order valence-corrected chi connectivity index (χ0v) is 14.2. The van der Waals surface area contributed by atoms with Crippen LogP contribution in [0.5, 0.6) is 0 Å². The maximum absolute atomic E-state index is 4.76. The van der Waals surface area contributed by atoms with Crippen molar-refractivity contribution in [2.45, 2.75) is 49.6 Å². The van der Waals surface area contributed by atoms with Gasteiger partial charge in [-0.2, -0.15) is 0 Å². The zero-order chi connectivity index (χ0) is 14.9. The second-order valence-corrected chi connectivity index (χ2v) is 8.01. The molecule has 0 bridgehead atoms. The van der Waals surface area contributed by atoms with Gasteiger partial charge in [-0.05, 0) is 31.9 Å². The van der Waals surface area contributed by atoms with Crippen molar-refractivity contribution in [3.05, 3.63) is 35.1 Å². The van der Waals surface area contributed by atoms with Gasteiger partial charge < -0.3 is 4.57 Å². The molecule has 22 heavy (non-hydrogen) atoms. The first-order valence-electron chi connectivity index (χ1n) is 7.75. The Morgan fingerprint density at radius 1 is 1.18 bits per heavy atom. The minimum atomic E-state index is 0.300. The highest BCUT2D eigenvalue weighted by molar-refractivity contribution is 7.99. The van der Waals surface area contributed by atoms with E-state index in [1.54, 1.807) is 23.1 Å². The van der Waals surface area contributed by atoms with Crippen LogP contribution in [0.3, 0.4) is 0 Å². The molecule has 0 fully saturated rings. The van der Waals surface area contributed by atoms with Crippen LogP contribution in [-0.4, -0.2) is 19.7 Å². The van der Waals surface area contributed by atoms with Gasteiger partial charge in [0.2, 0.25) is 0 Å². The Balaban J connectivity index is 1.59. The summed E-state index contributed by atoms with van der Waals surface area (Å²) in [5.41, 5.74) is 1.09. The highest BCUT2D eigenvalue weighted by Crippen LogP contribution is 2.38. The van der Waals surface area contributed by atoms with Crippen molar-refractivity contribution >= 4 is 33.3 Å². The molecule has 0 radical (unpaired) electrons. The molecule has 6 heteroatoms. The fraction of sp³-hybridized carbons (Fsp3) is 0.438. The predicted molar refractivity (Wildman–Crippen MR) is 91.5 cm³/mol. The van der Waals surface area contributed by atoms with Gasteiger partial charge in [-0.25, -0.2) is 4.98 Å². The van der Waals surface area contributed by atoms with Crippen LogP contribution in [0.2, 0.25) is 0 Å². The number of hydrogen-bond donors (Lipinski definition) is 0. The minimum absolute atomic E-state index is 0.300. The Hall–Kier alpha value is -1.40. The van der Waals surface area contributed by atoms with Crippen molar-refractivity contribution < 1.29 is 0 Å². The topological polar surface area (TPSA) is 43.6 Å². The first-order valence-corrected chi connectivity index (χ1v) is 9.45. The average Bonchev–Trinajstić information content (AvgIpc) is 3.04. The van der Waals surface area contributed by atoms with Crippen LogP contribution in [0.4, 0.5) is 0 Å². The molecule has 0 spiro atoms. The summed E-state index contributed by atoms with van der Waals surface area (Å²) in [6, 6.07) is 8.33. The highest BCUT2D eigenvalue weighted by Gasteiger charge is 2.19. The molecule has 0 unspecified atom stereocenters. The monoisotopic (exact) mass is 330 g/mol. The van der Waals surface area contributed by atoms with E-state index >= 15 is 0 Å². The number of rotatable bonds is 3. The molecule has 1 atom stereocenters. The van der Waals surface area contributed by atoms with Crippen LogP contribution in [-0.2, 0) is 13.0 Å². The van der Waals surface area contributed by atoms with Crippen LogP contribution in [0.1, 0.15) is 42.3 Å². The van der Waals surface area contributed by atoms with E-state index in [1.165, 1.54) is 24.0 Å². The third-order valence-corrected chi connectivity index (χ3v) is 6.47. The lowest BCUT2D eigenvalue weighted by atomic mass is 10.2. The SMILES string of the molecule is C[C@H](Sc1nnc2n1CCCCC2)c1nc2ccccc2s1. The molecule has 114 valence electrons. The number of nitrogens with zero attached hydrogens (tertiary/aromatic N) is 4. The molecule has 4 rings (SSSR count). The molecule has 0 amide bonds. The maximum Gasteiger partial charge on any atom is 0.191 e. The fourth-order valence-corrected chi connectivity index (χ4v) is 4.89. The average molecular weight is 330 g/mol. The molecule has 0 N–H and O–H groups in total. The minimum Gasteiger partial charge on any atom is -0.306 e. The second kappa shape index (κ2) is 6.01. The van der Waals surface area contributed by atoms with Crippen LogP contribution in [0, 0.1) is 0 Å². The van der Waals surface area contributed by atoms with Gasteiger partial charge in [-0.15, -0.1) is 21.5 Å². The number of thioether (sulfide) groups is 1. The molecule has 4 nitrogen and oxygen atoms in total. The summed E-state index contributed by atoms with van der Waals surface area (Å²) in [4.78, 5) is 4.76. The van der Waals surface area contributed by atoms with E-state index in [1.807, 2.05) is 6.07 Å². The predicted octanol–water partition coefficient (Wildman–Crippen LogP) is 4.47. The Kier molecular flexibility index (Phi) is 3.88. The van der Waals surface area contributed by atoms with Crippen LogP contribution in [0.15, 0.2) is 29.4 Å². The Bertz CT molecular complexity index is 759. The molecule has 0 aliphatic carbocycles. The summed E-state index contributed by atoms with van der Waals surface area (Å²) in [5.74, 6) is 1.15. The quantitative estimate of drug-likeness (QED) is 0.665. The van der Waals surface area contributed by atoms with Gasteiger partial charge in [0.25, 0.3) is 0 Å². The molecule has 0 saturated carbocycles. The molecule has 0 saturated heterocycles.